The molecule has 3 amide bonds. The predicted molar refractivity (Wildman–Crippen MR) is 83.8 cm³/mol. The van der Waals surface area contributed by atoms with E-state index in [0.29, 0.717) is 5.56 Å². The zero-order valence-corrected chi connectivity index (χ0v) is 14.1. The number of hydrogen-bond donors (Lipinski definition) is 1. The van der Waals surface area contributed by atoms with E-state index in [2.05, 4.69) is 10.1 Å². The van der Waals surface area contributed by atoms with Crippen LogP contribution in [0.2, 0.25) is 0 Å². The van der Waals surface area contributed by atoms with E-state index in [-0.39, 0.29) is 24.3 Å². The van der Waals surface area contributed by atoms with Gasteiger partial charge in [-0.3, -0.25) is 9.59 Å². The highest BCUT2D eigenvalue weighted by Crippen LogP contribution is 2.28. The highest BCUT2D eigenvalue weighted by atomic mass is 19.4. The van der Waals surface area contributed by atoms with Crippen LogP contribution in [-0.2, 0) is 14.3 Å². The predicted octanol–water partition coefficient (Wildman–Crippen LogP) is 2.31. The first-order valence-electron chi connectivity index (χ1n) is 7.64. The van der Waals surface area contributed by atoms with Crippen LogP contribution < -0.4 is 15.0 Å². The molecule has 1 aromatic rings. The molecule has 7 nitrogen and oxygen atoms in total. The van der Waals surface area contributed by atoms with E-state index in [9.17, 15) is 27.6 Å². The Morgan fingerprint density at radius 1 is 1.31 bits per heavy atom. The summed E-state index contributed by atoms with van der Waals surface area (Å²) in [5.74, 6) is -1.06. The number of carbonyl (C=O) groups excluding carboxylic acids is 3. The first-order valence-corrected chi connectivity index (χ1v) is 7.64. The molecule has 26 heavy (non-hydrogen) atoms. The summed E-state index contributed by atoms with van der Waals surface area (Å²) in [6.45, 7) is 0.0638. The van der Waals surface area contributed by atoms with Crippen molar-refractivity contribution in [3.63, 3.8) is 0 Å². The minimum absolute atomic E-state index is 0.000343. The summed E-state index contributed by atoms with van der Waals surface area (Å²) < 4.78 is 45.9. The van der Waals surface area contributed by atoms with E-state index in [1.807, 2.05) is 0 Å². The molecule has 1 atom stereocenters. The third-order valence-electron chi connectivity index (χ3n) is 3.69. The number of methoxy groups -OCH3 is 1. The smallest absolute Gasteiger partial charge is 0.422 e. The largest absolute Gasteiger partial charge is 0.484 e. The van der Waals surface area contributed by atoms with Gasteiger partial charge in [-0.25, -0.2) is 9.69 Å². The van der Waals surface area contributed by atoms with Crippen molar-refractivity contribution < 1.29 is 37.0 Å². The Bertz CT molecular complexity index is 720. The Kier molecular flexibility index (Phi) is 5.73. The number of alkyl halides is 3. The fourth-order valence-corrected chi connectivity index (χ4v) is 2.43. The molecule has 0 spiro atoms. The fraction of sp³-hybridized carbons (Fsp3) is 0.438. The molecule has 0 saturated carbocycles. The lowest BCUT2D eigenvalue weighted by Crippen LogP contribution is -2.31. The van der Waals surface area contributed by atoms with Crippen molar-refractivity contribution in [3.05, 3.63) is 23.8 Å². The number of rotatable bonds is 6. The third-order valence-corrected chi connectivity index (χ3v) is 3.69. The number of urea groups is 1. The lowest BCUT2D eigenvalue weighted by Gasteiger charge is -2.16. The van der Waals surface area contributed by atoms with Crippen molar-refractivity contribution in [2.75, 3.05) is 18.6 Å². The van der Waals surface area contributed by atoms with Crippen LogP contribution in [0.25, 0.3) is 0 Å². The quantitative estimate of drug-likeness (QED) is 0.610. The van der Waals surface area contributed by atoms with Gasteiger partial charge in [-0.15, -0.1) is 0 Å². The number of nitrogens with one attached hydrogen (secondary N) is 1. The molecule has 2 rings (SSSR count). The fourth-order valence-electron chi connectivity index (χ4n) is 2.43. The number of benzene rings is 1. The summed E-state index contributed by atoms with van der Waals surface area (Å²) in [6.07, 6.45) is -4.42. The number of esters is 1. The Morgan fingerprint density at radius 3 is 2.58 bits per heavy atom. The number of hydrogen-bond acceptors (Lipinski definition) is 5. The molecule has 1 N–H and O–H groups in total. The summed E-state index contributed by atoms with van der Waals surface area (Å²) in [4.78, 5) is 36.5. The lowest BCUT2D eigenvalue weighted by molar-refractivity contribution is -0.153. The van der Waals surface area contributed by atoms with Gasteiger partial charge in [-0.2, -0.15) is 13.2 Å². The highest BCUT2D eigenvalue weighted by molar-refractivity contribution is 6.21. The van der Waals surface area contributed by atoms with Crippen molar-refractivity contribution in [3.8, 4) is 5.75 Å². The molecule has 10 heteroatoms. The summed E-state index contributed by atoms with van der Waals surface area (Å²) in [5, 5.41) is 2.46. The topological polar surface area (TPSA) is 84.9 Å². The number of aryl methyl sites for hydroxylation is 1. The summed E-state index contributed by atoms with van der Waals surface area (Å²) in [5.41, 5.74) is 0.537. The van der Waals surface area contributed by atoms with Crippen molar-refractivity contribution in [2.45, 2.75) is 32.0 Å². The summed E-state index contributed by atoms with van der Waals surface area (Å²) >= 11 is 0. The second-order valence-corrected chi connectivity index (χ2v) is 5.64. The third kappa shape index (κ3) is 4.64. The van der Waals surface area contributed by atoms with E-state index >= 15 is 0 Å². The Morgan fingerprint density at radius 2 is 2.00 bits per heavy atom. The number of amides is 3. The number of carbonyl (C=O) groups is 3. The molecule has 1 fully saturated rings. The van der Waals surface area contributed by atoms with Gasteiger partial charge in [0.05, 0.1) is 12.8 Å². The molecule has 1 aliphatic rings. The van der Waals surface area contributed by atoms with Crippen LogP contribution in [0, 0.1) is 6.92 Å². The molecule has 0 aliphatic carbocycles. The average molecular weight is 374 g/mol. The molecule has 1 aliphatic heterocycles. The van der Waals surface area contributed by atoms with Crippen molar-refractivity contribution >= 4 is 23.6 Å². The monoisotopic (exact) mass is 374 g/mol. The molecule has 0 unspecified atom stereocenters. The molecule has 0 radical (unpaired) electrons. The number of ether oxygens (including phenoxy) is 2. The van der Waals surface area contributed by atoms with E-state index in [4.69, 9.17) is 4.74 Å². The number of anilines is 1. The van der Waals surface area contributed by atoms with E-state index in [1.165, 1.54) is 32.2 Å². The normalized spacial score (nSPS) is 17.3. The lowest BCUT2D eigenvalue weighted by atomic mass is 10.1. The van der Waals surface area contributed by atoms with E-state index < -0.39 is 36.7 Å². The maximum atomic E-state index is 12.4. The highest BCUT2D eigenvalue weighted by Gasteiger charge is 2.39. The maximum absolute atomic E-state index is 12.4. The average Bonchev–Trinajstić information content (AvgIpc) is 2.84. The SMILES string of the molecule is COC(=O)CC[C@H]1NC(=O)N(c2ccc(OCC(F)(F)F)c(C)c2)C1=O. The Balaban J connectivity index is 2.10. The zero-order valence-electron chi connectivity index (χ0n) is 14.1. The van der Waals surface area contributed by atoms with Gasteiger partial charge in [-0.1, -0.05) is 0 Å². The molecular weight excluding hydrogens is 357 g/mol. The van der Waals surface area contributed by atoms with Crippen molar-refractivity contribution in [2.24, 2.45) is 0 Å². The van der Waals surface area contributed by atoms with Gasteiger partial charge in [0.15, 0.2) is 6.61 Å². The summed E-state index contributed by atoms with van der Waals surface area (Å²) in [6, 6.07) is 2.42. The van der Waals surface area contributed by atoms with Gasteiger partial charge < -0.3 is 14.8 Å². The van der Waals surface area contributed by atoms with Gasteiger partial charge in [0.2, 0.25) is 0 Å². The number of imide groups is 1. The van der Waals surface area contributed by atoms with Crippen LogP contribution in [-0.4, -0.2) is 43.8 Å². The standard InChI is InChI=1S/C16H17F3N2O5/c1-9-7-10(3-5-12(9)26-8-16(17,18)19)21-14(23)11(20-15(21)24)4-6-13(22)25-2/h3,5,7,11H,4,6,8H2,1-2H3,(H,20,24)/t11-/m1/s1. The molecule has 1 aromatic carbocycles. The van der Waals surface area contributed by atoms with Crippen LogP contribution in [0.4, 0.5) is 23.7 Å². The van der Waals surface area contributed by atoms with Gasteiger partial charge >= 0.3 is 18.2 Å². The van der Waals surface area contributed by atoms with Crippen LogP contribution in [0.15, 0.2) is 18.2 Å². The van der Waals surface area contributed by atoms with Gasteiger partial charge in [-0.05, 0) is 37.1 Å². The number of nitrogens with zero attached hydrogens (tertiary/aromatic N) is 1. The summed E-state index contributed by atoms with van der Waals surface area (Å²) in [7, 11) is 1.22. The molecular formula is C16H17F3N2O5. The second kappa shape index (κ2) is 7.63. The van der Waals surface area contributed by atoms with Gasteiger partial charge in [0.1, 0.15) is 11.8 Å². The van der Waals surface area contributed by atoms with Gasteiger partial charge in [0, 0.05) is 6.42 Å². The van der Waals surface area contributed by atoms with Crippen LogP contribution in [0.3, 0.4) is 0 Å². The minimum atomic E-state index is -4.47. The van der Waals surface area contributed by atoms with E-state index in [1.54, 1.807) is 0 Å². The second-order valence-electron chi connectivity index (χ2n) is 5.64. The molecule has 0 aromatic heterocycles. The minimum Gasteiger partial charge on any atom is -0.484 e. The first kappa shape index (κ1) is 19.5. The molecule has 1 saturated heterocycles. The first-order chi connectivity index (χ1) is 12.1. The Hall–Kier alpha value is -2.78. The van der Waals surface area contributed by atoms with Crippen LogP contribution in [0.1, 0.15) is 18.4 Å². The van der Waals surface area contributed by atoms with Crippen LogP contribution >= 0.6 is 0 Å². The zero-order chi connectivity index (χ0) is 19.5. The Labute approximate surface area is 147 Å². The van der Waals surface area contributed by atoms with Crippen LogP contribution in [0.5, 0.6) is 5.75 Å². The van der Waals surface area contributed by atoms with Crippen molar-refractivity contribution in [1.29, 1.82) is 0 Å². The van der Waals surface area contributed by atoms with E-state index in [0.717, 1.165) is 4.90 Å². The van der Waals surface area contributed by atoms with Gasteiger partial charge in [0.25, 0.3) is 5.91 Å². The molecule has 1 heterocycles. The molecule has 142 valence electrons. The van der Waals surface area contributed by atoms with Crippen molar-refractivity contribution in [1.82, 2.24) is 5.32 Å². The molecule has 0 bridgehead atoms. The maximum Gasteiger partial charge on any atom is 0.422 e. The number of halogens is 3.